The second kappa shape index (κ2) is 27.7. The summed E-state index contributed by atoms with van der Waals surface area (Å²) in [5.74, 6) is -2.93. The first-order chi connectivity index (χ1) is 32.0. The maximum atomic E-state index is 14.3. The molecule has 19 heteroatoms. The van der Waals surface area contributed by atoms with Crippen LogP contribution < -0.4 is 10.6 Å². The number of nitrogens with one attached hydrogen (secondary N) is 2. The van der Waals surface area contributed by atoms with E-state index in [-0.39, 0.29) is 106 Å². The highest BCUT2D eigenvalue weighted by atomic mass is 32.1. The van der Waals surface area contributed by atoms with Crippen molar-refractivity contribution in [3.8, 4) is 0 Å². The van der Waals surface area contributed by atoms with Crippen LogP contribution >= 0.6 is 11.3 Å². The van der Waals surface area contributed by atoms with Crippen LogP contribution in [0.3, 0.4) is 0 Å². The SMILES string of the molecule is CC[C@H](C)[C@H](NC(=O)[C@H]1CCCCN1C)C(=O)N(C)[C@H](C[C@@H](OC(C)=O)c1nc(C(=O)N[C@H](C)[C@@H](OC(=O)CCOCCOCCOCCN2C(=O)C=CC2=O)c2ccccc2)cs1)C(C)C. The fourth-order valence-electron chi connectivity index (χ4n) is 7.92. The number of ether oxygens (including phenoxy) is 5. The van der Waals surface area contributed by atoms with Crippen molar-refractivity contribution in [3.05, 3.63) is 64.1 Å². The highest BCUT2D eigenvalue weighted by Gasteiger charge is 2.37. The van der Waals surface area contributed by atoms with Crippen LogP contribution in [0.2, 0.25) is 0 Å². The molecule has 2 aliphatic heterocycles. The molecule has 2 N–H and O–H groups in total. The number of amides is 5. The first kappa shape index (κ1) is 54.5. The molecule has 3 heterocycles. The molecule has 2 aliphatic rings. The third kappa shape index (κ3) is 16.9. The number of carbonyl (C=O) groups is 7. The van der Waals surface area contributed by atoms with E-state index in [2.05, 4.69) is 15.6 Å². The number of nitrogens with zero attached hydrogens (tertiary/aromatic N) is 4. The number of aromatic nitrogens is 1. The zero-order chi connectivity index (χ0) is 49.0. The molecule has 7 atom stereocenters. The zero-order valence-electron chi connectivity index (χ0n) is 40.2. The average Bonchev–Trinajstić information content (AvgIpc) is 3.93. The highest BCUT2D eigenvalue weighted by Crippen LogP contribution is 2.31. The number of thiazole rings is 1. The van der Waals surface area contributed by atoms with Gasteiger partial charge in [-0.1, -0.05) is 70.9 Å². The maximum Gasteiger partial charge on any atom is 0.308 e. The minimum absolute atomic E-state index is 0.0496. The Kier molecular flexibility index (Phi) is 22.5. The summed E-state index contributed by atoms with van der Waals surface area (Å²) in [4.78, 5) is 99.6. The Hall–Kier alpha value is -5.08. The molecule has 0 radical (unpaired) electrons. The van der Waals surface area contributed by atoms with Gasteiger partial charge < -0.3 is 39.2 Å². The third-order valence-electron chi connectivity index (χ3n) is 12.0. The van der Waals surface area contributed by atoms with Crippen LogP contribution in [0.5, 0.6) is 0 Å². The minimum atomic E-state index is -0.881. The van der Waals surface area contributed by atoms with Crippen molar-refractivity contribution < 1.29 is 57.2 Å². The van der Waals surface area contributed by atoms with E-state index >= 15 is 0 Å². The second-order valence-electron chi connectivity index (χ2n) is 17.4. The van der Waals surface area contributed by atoms with E-state index < -0.39 is 48.2 Å². The van der Waals surface area contributed by atoms with Gasteiger partial charge in [0.05, 0.1) is 64.7 Å². The van der Waals surface area contributed by atoms with Crippen molar-refractivity contribution in [2.45, 2.75) is 116 Å². The van der Waals surface area contributed by atoms with E-state index in [1.807, 2.05) is 45.7 Å². The van der Waals surface area contributed by atoms with Crippen LogP contribution in [-0.2, 0) is 52.5 Å². The number of benzene rings is 1. The van der Waals surface area contributed by atoms with Crippen molar-refractivity contribution in [3.63, 3.8) is 0 Å². The lowest BCUT2D eigenvalue weighted by Gasteiger charge is -2.38. The molecule has 5 amide bonds. The topological polar surface area (TPSA) is 212 Å². The summed E-state index contributed by atoms with van der Waals surface area (Å²) in [5.41, 5.74) is 0.744. The van der Waals surface area contributed by atoms with Crippen molar-refractivity contribution in [1.29, 1.82) is 0 Å². The number of piperidine rings is 1. The van der Waals surface area contributed by atoms with Crippen LogP contribution in [0, 0.1) is 11.8 Å². The minimum Gasteiger partial charge on any atom is -0.455 e. The van der Waals surface area contributed by atoms with Crippen LogP contribution in [0.15, 0.2) is 47.9 Å². The van der Waals surface area contributed by atoms with Gasteiger partial charge in [0.2, 0.25) is 11.8 Å². The lowest BCUT2D eigenvalue weighted by molar-refractivity contribution is -0.152. The molecule has 18 nitrogen and oxygen atoms in total. The summed E-state index contributed by atoms with van der Waals surface area (Å²) in [6, 6.07) is 6.87. The molecule has 4 rings (SSSR count). The fourth-order valence-corrected chi connectivity index (χ4v) is 8.76. The zero-order valence-corrected chi connectivity index (χ0v) is 41.0. The molecule has 370 valence electrons. The average molecular weight is 955 g/mol. The Morgan fingerprint density at radius 1 is 0.881 bits per heavy atom. The van der Waals surface area contributed by atoms with E-state index in [9.17, 15) is 33.6 Å². The number of likely N-dealkylation sites (N-methyl/N-ethyl adjacent to an activating group) is 2. The van der Waals surface area contributed by atoms with Gasteiger partial charge in [0.15, 0.2) is 6.10 Å². The van der Waals surface area contributed by atoms with Gasteiger partial charge in [0.25, 0.3) is 17.7 Å². The predicted molar refractivity (Wildman–Crippen MR) is 249 cm³/mol. The molecule has 1 fully saturated rings. The molecular formula is C48H70N6O12S. The van der Waals surface area contributed by atoms with Crippen LogP contribution in [0.1, 0.15) is 113 Å². The predicted octanol–water partition coefficient (Wildman–Crippen LogP) is 4.40. The molecule has 0 aliphatic carbocycles. The van der Waals surface area contributed by atoms with E-state index in [1.54, 1.807) is 48.5 Å². The van der Waals surface area contributed by atoms with Gasteiger partial charge in [0, 0.05) is 44.0 Å². The van der Waals surface area contributed by atoms with E-state index in [4.69, 9.17) is 23.7 Å². The number of hydrogen-bond acceptors (Lipinski definition) is 15. The molecule has 0 saturated carbocycles. The molecule has 0 unspecified atom stereocenters. The number of carbonyl (C=O) groups excluding carboxylic acids is 7. The number of rotatable bonds is 28. The molecular weight excluding hydrogens is 885 g/mol. The molecule has 67 heavy (non-hydrogen) atoms. The quantitative estimate of drug-likeness (QED) is 0.0688. The van der Waals surface area contributed by atoms with Crippen molar-refractivity contribution >= 4 is 52.8 Å². The normalized spacial score (nSPS) is 17.9. The molecule has 1 aromatic heterocycles. The van der Waals surface area contributed by atoms with Gasteiger partial charge >= 0.3 is 11.9 Å². The van der Waals surface area contributed by atoms with Crippen LogP contribution in [0.25, 0.3) is 0 Å². The summed E-state index contributed by atoms with van der Waals surface area (Å²) in [5, 5.41) is 7.95. The lowest BCUT2D eigenvalue weighted by Crippen LogP contribution is -2.58. The van der Waals surface area contributed by atoms with Gasteiger partial charge in [-0.05, 0) is 50.8 Å². The Morgan fingerprint density at radius 2 is 1.52 bits per heavy atom. The fraction of sp³-hybridized carbons (Fsp3) is 0.625. The standard InChI is InChI=1S/C48H70N6O12S/c1-9-32(4)43(51-46(60)37-17-13-14-21-52(37)7)48(61)53(8)38(31(2)3)29-39(65-34(6)55)47-50-36(30-67-47)45(59)49-33(5)44(35-15-11-10-12-16-35)66-42(58)20-23-62-25-27-64-28-26-63-24-22-54-40(56)18-19-41(54)57/h10-12,15-16,18-19,30-33,37-39,43-44H,9,13-14,17,20-29H2,1-8H3,(H,49,59)(H,51,60)/t32-,33+,37+,38+,39+,43-,44+/m0/s1. The van der Waals surface area contributed by atoms with Gasteiger partial charge in [-0.2, -0.15) is 0 Å². The smallest absolute Gasteiger partial charge is 0.308 e. The monoisotopic (exact) mass is 954 g/mol. The molecule has 1 aromatic carbocycles. The van der Waals surface area contributed by atoms with Gasteiger partial charge in [0.1, 0.15) is 22.8 Å². The third-order valence-corrected chi connectivity index (χ3v) is 12.9. The number of esters is 2. The summed E-state index contributed by atoms with van der Waals surface area (Å²) in [6.07, 6.45) is 4.25. The second-order valence-corrected chi connectivity index (χ2v) is 18.3. The summed E-state index contributed by atoms with van der Waals surface area (Å²) in [6.45, 7) is 13.2. The van der Waals surface area contributed by atoms with Gasteiger partial charge in [-0.3, -0.25) is 43.4 Å². The number of imide groups is 1. The van der Waals surface area contributed by atoms with Crippen molar-refractivity contribution in [2.24, 2.45) is 11.8 Å². The summed E-state index contributed by atoms with van der Waals surface area (Å²) in [7, 11) is 3.64. The Balaban J connectivity index is 1.31. The lowest BCUT2D eigenvalue weighted by atomic mass is 9.92. The Labute approximate surface area is 398 Å². The largest absolute Gasteiger partial charge is 0.455 e. The van der Waals surface area contributed by atoms with Crippen LogP contribution in [0.4, 0.5) is 0 Å². The van der Waals surface area contributed by atoms with Crippen molar-refractivity contribution in [1.82, 2.24) is 30.3 Å². The van der Waals surface area contributed by atoms with Crippen LogP contribution in [-0.4, -0.2) is 152 Å². The highest BCUT2D eigenvalue weighted by molar-refractivity contribution is 7.09. The number of likely N-dealkylation sites (tertiary alicyclic amines) is 1. The molecule has 1 saturated heterocycles. The Morgan fingerprint density at radius 3 is 2.13 bits per heavy atom. The first-order valence-corrected chi connectivity index (χ1v) is 24.1. The summed E-state index contributed by atoms with van der Waals surface area (Å²) >= 11 is 1.16. The summed E-state index contributed by atoms with van der Waals surface area (Å²) < 4.78 is 28.2. The molecule has 0 bridgehead atoms. The van der Waals surface area contributed by atoms with E-state index in [0.29, 0.717) is 17.0 Å². The van der Waals surface area contributed by atoms with E-state index in [0.717, 1.165) is 42.0 Å². The maximum absolute atomic E-state index is 14.3. The molecule has 2 aromatic rings. The first-order valence-electron chi connectivity index (χ1n) is 23.2. The number of hydrogen-bond donors (Lipinski definition) is 2. The van der Waals surface area contributed by atoms with Crippen molar-refractivity contribution in [2.75, 3.05) is 66.8 Å². The van der Waals surface area contributed by atoms with Gasteiger partial charge in [-0.15, -0.1) is 11.3 Å². The molecule has 0 spiro atoms. The Bertz CT molecular complexity index is 1960. The van der Waals surface area contributed by atoms with E-state index in [1.165, 1.54) is 19.1 Å². The van der Waals surface area contributed by atoms with Gasteiger partial charge in [-0.25, -0.2) is 4.98 Å².